The fraction of sp³-hybridized carbons (Fsp3) is 0.0435. The van der Waals surface area contributed by atoms with E-state index >= 15 is 0 Å². The van der Waals surface area contributed by atoms with Crippen LogP contribution in [0.1, 0.15) is 15.9 Å². The molecule has 4 aromatic rings. The summed E-state index contributed by atoms with van der Waals surface area (Å²) in [6, 6.07) is 15.2. The van der Waals surface area contributed by atoms with Crippen LogP contribution in [0, 0.1) is 0 Å². The smallest absolute Gasteiger partial charge is 0.744 e. The predicted molar refractivity (Wildman–Crippen MR) is 124 cm³/mol. The first-order valence-corrected chi connectivity index (χ1v) is 12.2. The number of ketones is 1. The third-order valence-electron chi connectivity index (χ3n) is 5.76. The van der Waals surface area contributed by atoms with E-state index in [2.05, 4.69) is 14.7 Å². The number of nitrogens with zero attached hydrogens (tertiary/aromatic N) is 1. The number of hydrogen-bond donors (Lipinski definition) is 1. The monoisotopic (exact) mass is 588 g/mol. The van der Waals surface area contributed by atoms with Gasteiger partial charge in [0.1, 0.15) is 10.1 Å². The maximum Gasteiger partial charge on any atom is 1.00 e. The van der Waals surface area contributed by atoms with Crippen LogP contribution in [0.4, 0.5) is 11.4 Å². The van der Waals surface area contributed by atoms with Gasteiger partial charge in [-0.3, -0.25) is 14.6 Å². The number of aryl methyl sites for hydroxylation is 1. The molecule has 178 valence electrons. The first kappa shape index (κ1) is 31.3. The van der Waals surface area contributed by atoms with Gasteiger partial charge in [0.25, 0.3) is 5.56 Å². The summed E-state index contributed by atoms with van der Waals surface area (Å²) >= 11 is 0.394. The van der Waals surface area contributed by atoms with E-state index < -0.39 is 15.0 Å². The number of benzene rings is 3. The van der Waals surface area contributed by atoms with Crippen LogP contribution in [0.5, 0.6) is 0 Å². The molecule has 14 heteroatoms. The van der Waals surface area contributed by atoms with Gasteiger partial charge in [-0.05, 0) is 41.5 Å². The topological polar surface area (TPSA) is 150 Å². The molecular weight excluding hydrogens is 575 g/mol. The second-order valence-corrected chi connectivity index (χ2v) is 9.79. The molecule has 1 aliphatic carbocycles. The number of aromatic nitrogens is 1. The minimum Gasteiger partial charge on any atom is -0.744 e. The van der Waals surface area contributed by atoms with Crippen molar-refractivity contribution in [2.24, 2.45) is 7.05 Å². The summed E-state index contributed by atoms with van der Waals surface area (Å²) in [6.45, 7) is 0. The number of anilines is 2. The molecule has 1 aliphatic rings. The zero-order chi connectivity index (χ0) is 24.9. The van der Waals surface area contributed by atoms with E-state index in [0.717, 1.165) is 12.1 Å². The molecule has 0 bridgehead atoms. The second-order valence-electron chi connectivity index (χ2n) is 7.67. The molecule has 0 saturated heterocycles. The molecule has 0 saturated carbocycles. The largest absolute Gasteiger partial charge is 1.00 e. The molecule has 0 unspecified atom stereocenters. The minimum absolute atomic E-state index is 0. The first-order valence-electron chi connectivity index (χ1n) is 10.0. The van der Waals surface area contributed by atoms with E-state index in [1.165, 1.54) is 16.7 Å². The van der Waals surface area contributed by atoms with Crippen molar-refractivity contribution in [3.8, 4) is 11.1 Å². The minimum atomic E-state index is -4.78. The molecule has 0 amide bonds. The maximum atomic E-state index is 13.6. The third kappa shape index (κ3) is 5.95. The van der Waals surface area contributed by atoms with Crippen molar-refractivity contribution in [1.82, 2.24) is 4.57 Å². The number of carbonyl (C=O) groups excluding carboxylic acids is 1. The van der Waals surface area contributed by atoms with Gasteiger partial charge in [-0.2, -0.15) is 4.33 Å². The maximum absolute atomic E-state index is 13.6. The molecule has 37 heavy (non-hydrogen) atoms. The van der Waals surface area contributed by atoms with Crippen molar-refractivity contribution in [3.05, 3.63) is 82.1 Å². The summed E-state index contributed by atoms with van der Waals surface area (Å²) in [7, 11) is -3.17. The van der Waals surface area contributed by atoms with E-state index in [0.29, 0.717) is 50.9 Å². The van der Waals surface area contributed by atoms with Crippen LogP contribution in [-0.2, 0) is 26.5 Å². The zero-order valence-corrected chi connectivity index (χ0v) is 27.7. The SMILES string of the molecule is Cn1c(=O)cc2c3c(c(Nc4ccc(S(=O)(=O)[O-])cc4SOO[O-])ccc31)C(=O)c1ccccc1-2.[K+].[K+]. The Hall–Kier alpha value is -0.247. The molecule has 1 aromatic heterocycles. The van der Waals surface area contributed by atoms with Crippen molar-refractivity contribution in [2.45, 2.75) is 9.79 Å². The van der Waals surface area contributed by atoms with Gasteiger partial charge < -0.3 is 19.7 Å². The Labute approximate surface area is 300 Å². The molecule has 0 radical (unpaired) electrons. The Morgan fingerprint density at radius 3 is 2.27 bits per heavy atom. The predicted octanol–water partition coefficient (Wildman–Crippen LogP) is -3.36. The van der Waals surface area contributed by atoms with Gasteiger partial charge in [-0.25, -0.2) is 8.42 Å². The molecule has 0 spiro atoms. The fourth-order valence-corrected chi connectivity index (χ4v) is 5.24. The van der Waals surface area contributed by atoms with Gasteiger partial charge in [0.15, 0.2) is 5.78 Å². The van der Waals surface area contributed by atoms with Crippen LogP contribution in [0.3, 0.4) is 0 Å². The number of pyridine rings is 1. The Morgan fingerprint density at radius 1 is 0.919 bits per heavy atom. The molecule has 0 fully saturated rings. The molecule has 10 nitrogen and oxygen atoms in total. The van der Waals surface area contributed by atoms with Crippen LogP contribution in [0.2, 0.25) is 0 Å². The summed E-state index contributed by atoms with van der Waals surface area (Å²) in [5, 5.41) is 17.3. The van der Waals surface area contributed by atoms with Crippen molar-refractivity contribution in [2.75, 3.05) is 5.32 Å². The second kappa shape index (κ2) is 12.5. The molecular formula is C23H14K2N2O8S2. The summed E-state index contributed by atoms with van der Waals surface area (Å²) in [6.07, 6.45) is 0. The van der Waals surface area contributed by atoms with E-state index in [1.807, 2.05) is 0 Å². The number of fused-ring (bicyclic) bond motifs is 2. The number of hydrogen-bond acceptors (Lipinski definition) is 10. The molecule has 1 heterocycles. The molecule has 0 aliphatic heterocycles. The van der Waals surface area contributed by atoms with Crippen LogP contribution in [-0.4, -0.2) is 23.3 Å². The van der Waals surface area contributed by atoms with Crippen molar-refractivity contribution < 1.29 is 135 Å². The van der Waals surface area contributed by atoms with Gasteiger partial charge in [-0.1, -0.05) is 24.3 Å². The summed E-state index contributed by atoms with van der Waals surface area (Å²) in [5.74, 6) is -0.271. The van der Waals surface area contributed by atoms with Crippen LogP contribution in [0.15, 0.2) is 75.2 Å². The fourth-order valence-electron chi connectivity index (χ4n) is 4.18. The zero-order valence-electron chi connectivity index (χ0n) is 19.8. The van der Waals surface area contributed by atoms with E-state index in [9.17, 15) is 27.8 Å². The number of carbonyl (C=O) groups is 1. The van der Waals surface area contributed by atoms with Crippen molar-refractivity contribution in [3.63, 3.8) is 0 Å². The van der Waals surface area contributed by atoms with Gasteiger partial charge in [-0.15, -0.1) is 0 Å². The molecule has 5 rings (SSSR count). The Bertz CT molecular complexity index is 1710. The van der Waals surface area contributed by atoms with Gasteiger partial charge in [0.05, 0.1) is 44.3 Å². The standard InChI is InChI=1S/C23H16N2O8S2.2K/c1-25-18-9-8-17(24-16-7-6-12(35(29,30)31)10-19(16)34-33-32-28)22-21(18)15(11-20(25)26)13-4-2-3-5-14(13)23(22)27;;/h2-11,24,28H,1H3,(H,29,30,31);;/q;2*+1/p-2. The molecule has 3 aromatic carbocycles. The van der Waals surface area contributed by atoms with Crippen LogP contribution >= 0.6 is 12.0 Å². The molecule has 1 N–H and O–H groups in total. The van der Waals surface area contributed by atoms with Gasteiger partial charge in [0.2, 0.25) is 0 Å². The Morgan fingerprint density at radius 2 is 1.59 bits per heavy atom. The summed E-state index contributed by atoms with van der Waals surface area (Å²) < 4.78 is 40.1. The van der Waals surface area contributed by atoms with E-state index in [1.54, 1.807) is 43.4 Å². The average molecular weight is 589 g/mol. The van der Waals surface area contributed by atoms with Gasteiger partial charge >= 0.3 is 103 Å². The van der Waals surface area contributed by atoms with Crippen LogP contribution in [0.25, 0.3) is 22.0 Å². The average Bonchev–Trinajstić information content (AvgIpc) is 2.84. The van der Waals surface area contributed by atoms with Crippen LogP contribution < -0.4 is 119 Å². The van der Waals surface area contributed by atoms with Gasteiger partial charge in [0, 0.05) is 24.1 Å². The first-order chi connectivity index (χ1) is 16.7. The Balaban J connectivity index is 0.00000190. The van der Waals surface area contributed by atoms with Crippen molar-refractivity contribution >= 4 is 50.2 Å². The quantitative estimate of drug-likeness (QED) is 0.0701. The number of nitrogens with one attached hydrogen (secondary N) is 1. The Kier molecular flexibility index (Phi) is 10.6. The molecule has 0 atom stereocenters. The van der Waals surface area contributed by atoms with E-state index in [4.69, 9.17) is 0 Å². The van der Waals surface area contributed by atoms with E-state index in [-0.39, 0.29) is 125 Å². The normalized spacial score (nSPS) is 11.9. The van der Waals surface area contributed by atoms with Crippen molar-refractivity contribution in [1.29, 1.82) is 0 Å². The summed E-state index contributed by atoms with van der Waals surface area (Å²) in [4.78, 5) is 25.7. The third-order valence-corrected chi connectivity index (χ3v) is 7.24. The number of rotatable bonds is 6. The summed E-state index contributed by atoms with van der Waals surface area (Å²) in [5.41, 5.74) is 2.92.